The van der Waals surface area contributed by atoms with Crippen LogP contribution in [0.15, 0.2) is 12.1 Å². The molecule has 19 heavy (non-hydrogen) atoms. The van der Waals surface area contributed by atoms with Crippen molar-refractivity contribution in [3.05, 3.63) is 23.5 Å². The minimum Gasteiger partial charge on any atom is -0.492 e. The highest BCUT2D eigenvalue weighted by molar-refractivity contribution is 5.75. The monoisotopic (exact) mass is 265 g/mol. The fraction of sp³-hybridized carbons (Fsp3) is 0.571. The van der Waals surface area contributed by atoms with Crippen LogP contribution in [0.25, 0.3) is 0 Å². The first-order valence-electron chi connectivity index (χ1n) is 6.68. The standard InChI is InChI=1S/C14H23N3O2/c1-4-16-10-12-13(8-7-11(2)17-12)19-9-5-6-14(18)15-3/h7-8,16H,4-6,9-10H2,1-3H3,(H,15,18). The third kappa shape index (κ3) is 5.70. The molecular formula is C14H23N3O2. The summed E-state index contributed by atoms with van der Waals surface area (Å²) in [5, 5.41) is 5.84. The molecule has 1 rings (SSSR count). The van der Waals surface area contributed by atoms with E-state index in [0.717, 1.165) is 23.7 Å². The van der Waals surface area contributed by atoms with Crippen molar-refractivity contribution >= 4 is 5.91 Å². The van der Waals surface area contributed by atoms with Crippen molar-refractivity contribution in [2.24, 2.45) is 0 Å². The number of carbonyl (C=O) groups is 1. The lowest BCUT2D eigenvalue weighted by Crippen LogP contribution is -2.18. The highest BCUT2D eigenvalue weighted by atomic mass is 16.5. The van der Waals surface area contributed by atoms with E-state index >= 15 is 0 Å². The minimum atomic E-state index is 0.0403. The van der Waals surface area contributed by atoms with Gasteiger partial charge in [-0.05, 0) is 32.0 Å². The largest absolute Gasteiger partial charge is 0.492 e. The molecule has 5 heteroatoms. The Bertz CT molecular complexity index is 408. The van der Waals surface area contributed by atoms with Crippen LogP contribution >= 0.6 is 0 Å². The number of aromatic nitrogens is 1. The molecule has 0 aliphatic heterocycles. The van der Waals surface area contributed by atoms with E-state index < -0.39 is 0 Å². The van der Waals surface area contributed by atoms with Crippen molar-refractivity contribution in [1.29, 1.82) is 0 Å². The van der Waals surface area contributed by atoms with E-state index in [2.05, 4.69) is 22.5 Å². The first kappa shape index (κ1) is 15.4. The van der Waals surface area contributed by atoms with Crippen LogP contribution in [0.4, 0.5) is 0 Å². The van der Waals surface area contributed by atoms with Gasteiger partial charge >= 0.3 is 0 Å². The summed E-state index contributed by atoms with van der Waals surface area (Å²) in [7, 11) is 1.64. The van der Waals surface area contributed by atoms with Crippen LogP contribution in [0.5, 0.6) is 5.75 Å². The number of nitrogens with one attached hydrogen (secondary N) is 2. The molecule has 0 bridgehead atoms. The Morgan fingerprint density at radius 2 is 2.21 bits per heavy atom. The van der Waals surface area contributed by atoms with E-state index in [9.17, 15) is 4.79 Å². The number of aryl methyl sites for hydroxylation is 1. The van der Waals surface area contributed by atoms with Gasteiger partial charge in [0.05, 0.1) is 12.3 Å². The zero-order valence-corrected chi connectivity index (χ0v) is 12.0. The van der Waals surface area contributed by atoms with Crippen molar-refractivity contribution in [2.45, 2.75) is 33.2 Å². The molecule has 1 heterocycles. The molecule has 0 fully saturated rings. The summed E-state index contributed by atoms with van der Waals surface area (Å²) in [4.78, 5) is 15.6. The lowest BCUT2D eigenvalue weighted by atomic mass is 10.2. The number of ether oxygens (including phenoxy) is 1. The first-order chi connectivity index (χ1) is 9.17. The topological polar surface area (TPSA) is 63.3 Å². The first-order valence-corrected chi connectivity index (χ1v) is 6.68. The second-order valence-electron chi connectivity index (χ2n) is 4.30. The molecule has 1 amide bonds. The molecule has 0 radical (unpaired) electrons. The molecule has 1 aromatic rings. The number of hydrogen-bond acceptors (Lipinski definition) is 4. The molecule has 0 aromatic carbocycles. The van der Waals surface area contributed by atoms with Crippen LogP contribution in [0.2, 0.25) is 0 Å². The smallest absolute Gasteiger partial charge is 0.219 e. The van der Waals surface area contributed by atoms with Gasteiger partial charge in [-0.15, -0.1) is 0 Å². The van der Waals surface area contributed by atoms with Gasteiger partial charge < -0.3 is 15.4 Å². The Hall–Kier alpha value is -1.62. The van der Waals surface area contributed by atoms with Crippen LogP contribution in [-0.2, 0) is 11.3 Å². The molecule has 0 atom stereocenters. The van der Waals surface area contributed by atoms with Gasteiger partial charge in [-0.3, -0.25) is 9.78 Å². The predicted molar refractivity (Wildman–Crippen MR) is 75.2 cm³/mol. The average Bonchev–Trinajstić information content (AvgIpc) is 2.42. The summed E-state index contributed by atoms with van der Waals surface area (Å²) in [5.74, 6) is 0.835. The summed E-state index contributed by atoms with van der Waals surface area (Å²) < 4.78 is 5.70. The van der Waals surface area contributed by atoms with Crippen molar-refractivity contribution in [2.75, 3.05) is 20.2 Å². The Morgan fingerprint density at radius 3 is 2.89 bits per heavy atom. The third-order valence-electron chi connectivity index (χ3n) is 2.70. The van der Waals surface area contributed by atoms with Crippen molar-refractivity contribution in [3.63, 3.8) is 0 Å². The fourth-order valence-electron chi connectivity index (χ4n) is 1.64. The maximum Gasteiger partial charge on any atom is 0.219 e. The molecule has 1 aromatic heterocycles. The van der Waals surface area contributed by atoms with Crippen molar-refractivity contribution in [3.8, 4) is 5.75 Å². The minimum absolute atomic E-state index is 0.0403. The molecule has 5 nitrogen and oxygen atoms in total. The predicted octanol–water partition coefficient (Wildman–Crippen LogP) is 1.40. The molecule has 2 N–H and O–H groups in total. The SMILES string of the molecule is CCNCc1nc(C)ccc1OCCCC(=O)NC. The molecule has 106 valence electrons. The number of rotatable bonds is 8. The van der Waals surface area contributed by atoms with Crippen LogP contribution in [0, 0.1) is 6.92 Å². The maximum atomic E-state index is 11.1. The van der Waals surface area contributed by atoms with Gasteiger partial charge in [0.1, 0.15) is 5.75 Å². The zero-order valence-electron chi connectivity index (χ0n) is 12.0. The third-order valence-corrected chi connectivity index (χ3v) is 2.70. The summed E-state index contributed by atoms with van der Waals surface area (Å²) in [6, 6.07) is 3.87. The Labute approximate surface area is 114 Å². The molecule has 0 spiro atoms. The summed E-state index contributed by atoms with van der Waals surface area (Å²) in [6.45, 7) is 6.14. The van der Waals surface area contributed by atoms with Crippen molar-refractivity contribution in [1.82, 2.24) is 15.6 Å². The second-order valence-corrected chi connectivity index (χ2v) is 4.30. The van der Waals surface area contributed by atoms with Crippen LogP contribution < -0.4 is 15.4 Å². The lowest BCUT2D eigenvalue weighted by Gasteiger charge is -2.11. The van der Waals surface area contributed by atoms with E-state index in [1.807, 2.05) is 19.1 Å². The Morgan fingerprint density at radius 1 is 1.42 bits per heavy atom. The van der Waals surface area contributed by atoms with E-state index in [4.69, 9.17) is 4.74 Å². The van der Waals surface area contributed by atoms with Gasteiger partial charge in [0.15, 0.2) is 0 Å². The summed E-state index contributed by atoms with van der Waals surface area (Å²) in [6.07, 6.45) is 1.19. The molecule has 0 aliphatic carbocycles. The normalized spacial score (nSPS) is 10.3. The van der Waals surface area contributed by atoms with Gasteiger partial charge in [0.25, 0.3) is 0 Å². The second kappa shape index (κ2) is 8.48. The van der Waals surface area contributed by atoms with Crippen LogP contribution in [-0.4, -0.2) is 31.1 Å². The molecular weight excluding hydrogens is 242 g/mol. The van der Waals surface area contributed by atoms with Gasteiger partial charge in [-0.25, -0.2) is 0 Å². The number of amides is 1. The lowest BCUT2D eigenvalue weighted by molar-refractivity contribution is -0.120. The highest BCUT2D eigenvalue weighted by Crippen LogP contribution is 2.17. The van der Waals surface area contributed by atoms with E-state index in [1.165, 1.54) is 0 Å². The average molecular weight is 265 g/mol. The van der Waals surface area contributed by atoms with E-state index in [-0.39, 0.29) is 5.91 Å². The number of hydrogen-bond donors (Lipinski definition) is 2. The van der Waals surface area contributed by atoms with E-state index in [1.54, 1.807) is 7.05 Å². The summed E-state index contributed by atoms with van der Waals surface area (Å²) >= 11 is 0. The molecule has 0 aliphatic rings. The molecule has 0 saturated carbocycles. The van der Waals surface area contributed by atoms with Gasteiger partial charge in [0.2, 0.25) is 5.91 Å². The van der Waals surface area contributed by atoms with Crippen LogP contribution in [0.3, 0.4) is 0 Å². The highest BCUT2D eigenvalue weighted by Gasteiger charge is 2.06. The number of pyridine rings is 1. The van der Waals surface area contributed by atoms with Gasteiger partial charge in [-0.1, -0.05) is 6.92 Å². The van der Waals surface area contributed by atoms with Gasteiger partial charge in [-0.2, -0.15) is 0 Å². The van der Waals surface area contributed by atoms with Crippen molar-refractivity contribution < 1.29 is 9.53 Å². The number of carbonyl (C=O) groups excluding carboxylic acids is 1. The van der Waals surface area contributed by atoms with Crippen LogP contribution in [0.1, 0.15) is 31.2 Å². The quantitative estimate of drug-likeness (QED) is 0.698. The number of nitrogens with zero attached hydrogens (tertiary/aromatic N) is 1. The molecule has 0 unspecified atom stereocenters. The summed E-state index contributed by atoms with van der Waals surface area (Å²) in [5.41, 5.74) is 1.90. The fourth-order valence-corrected chi connectivity index (χ4v) is 1.64. The molecule has 0 saturated heterocycles. The van der Waals surface area contributed by atoms with E-state index in [0.29, 0.717) is 26.0 Å². The maximum absolute atomic E-state index is 11.1. The Balaban J connectivity index is 2.49. The zero-order chi connectivity index (χ0) is 14.1. The van der Waals surface area contributed by atoms with Gasteiger partial charge in [0, 0.05) is 25.7 Å². The Kier molecular flexibility index (Phi) is 6.89.